The lowest BCUT2D eigenvalue weighted by molar-refractivity contribution is 0.142. The minimum Gasteiger partial charge on any atom is -0.488 e. The minimum absolute atomic E-state index is 0.135. The summed E-state index contributed by atoms with van der Waals surface area (Å²) < 4.78 is 5.88. The van der Waals surface area contributed by atoms with Crippen LogP contribution in [0, 0.1) is 0 Å². The van der Waals surface area contributed by atoms with E-state index >= 15 is 0 Å². The summed E-state index contributed by atoms with van der Waals surface area (Å²) in [6, 6.07) is 8.24. The van der Waals surface area contributed by atoms with E-state index in [1.807, 2.05) is 12.1 Å². The summed E-state index contributed by atoms with van der Waals surface area (Å²) >= 11 is 0. The zero-order valence-electron chi connectivity index (χ0n) is 9.30. The highest BCUT2D eigenvalue weighted by atomic mass is 16.5. The molecular weight excluding hydrogens is 202 g/mol. The Hall–Kier alpha value is -1.06. The van der Waals surface area contributed by atoms with Crippen LogP contribution in [0.5, 0.6) is 5.75 Å². The maximum Gasteiger partial charge on any atom is 0.123 e. The molecule has 16 heavy (non-hydrogen) atoms. The number of rotatable bonds is 2. The lowest BCUT2D eigenvalue weighted by atomic mass is 10.1. The SMILES string of the molecule is O[C@H]1CCN(CC2Cc3ccccc3O2)C1. The van der Waals surface area contributed by atoms with Crippen LogP contribution in [0.4, 0.5) is 0 Å². The molecule has 0 aliphatic carbocycles. The lowest BCUT2D eigenvalue weighted by Crippen LogP contribution is -2.33. The van der Waals surface area contributed by atoms with Crippen molar-refractivity contribution in [3.05, 3.63) is 29.8 Å². The highest BCUT2D eigenvalue weighted by molar-refractivity contribution is 5.37. The summed E-state index contributed by atoms with van der Waals surface area (Å²) in [5.41, 5.74) is 1.31. The van der Waals surface area contributed by atoms with Crippen molar-refractivity contribution >= 4 is 0 Å². The zero-order valence-corrected chi connectivity index (χ0v) is 9.30. The molecule has 0 spiro atoms. The van der Waals surface area contributed by atoms with E-state index in [1.165, 1.54) is 5.56 Å². The predicted molar refractivity (Wildman–Crippen MR) is 61.6 cm³/mol. The first-order valence-electron chi connectivity index (χ1n) is 5.96. The van der Waals surface area contributed by atoms with Gasteiger partial charge in [0.2, 0.25) is 0 Å². The van der Waals surface area contributed by atoms with Crippen molar-refractivity contribution in [3.63, 3.8) is 0 Å². The van der Waals surface area contributed by atoms with Crippen molar-refractivity contribution in [2.75, 3.05) is 19.6 Å². The van der Waals surface area contributed by atoms with Crippen LogP contribution in [0.1, 0.15) is 12.0 Å². The quantitative estimate of drug-likeness (QED) is 0.807. The van der Waals surface area contributed by atoms with E-state index in [9.17, 15) is 5.11 Å². The van der Waals surface area contributed by atoms with E-state index in [4.69, 9.17) is 4.74 Å². The summed E-state index contributed by atoms with van der Waals surface area (Å²) in [7, 11) is 0. The van der Waals surface area contributed by atoms with Crippen LogP contribution >= 0.6 is 0 Å². The summed E-state index contributed by atoms with van der Waals surface area (Å²) in [6.07, 6.45) is 2.04. The largest absolute Gasteiger partial charge is 0.488 e. The third-order valence-electron chi connectivity index (χ3n) is 3.42. The molecule has 0 radical (unpaired) electrons. The normalized spacial score (nSPS) is 29.1. The first kappa shape index (κ1) is 10.1. The Morgan fingerprint density at radius 1 is 1.38 bits per heavy atom. The standard InChI is InChI=1S/C13H17NO2/c15-11-5-6-14(8-11)9-12-7-10-3-1-2-4-13(10)16-12/h1-4,11-12,15H,5-9H2/t11-,12?/m0/s1. The van der Waals surface area contributed by atoms with E-state index in [0.29, 0.717) is 0 Å². The Balaban J connectivity index is 1.60. The molecule has 3 nitrogen and oxygen atoms in total. The Morgan fingerprint density at radius 3 is 3.00 bits per heavy atom. The first-order valence-corrected chi connectivity index (χ1v) is 5.96. The van der Waals surface area contributed by atoms with Gasteiger partial charge in [-0.25, -0.2) is 0 Å². The molecule has 1 unspecified atom stereocenters. The Morgan fingerprint density at radius 2 is 2.25 bits per heavy atom. The summed E-state index contributed by atoms with van der Waals surface area (Å²) in [5.74, 6) is 1.03. The van der Waals surface area contributed by atoms with Crippen molar-refractivity contribution in [1.29, 1.82) is 0 Å². The molecule has 3 rings (SSSR count). The summed E-state index contributed by atoms with van der Waals surface area (Å²) in [4.78, 5) is 2.29. The highest BCUT2D eigenvalue weighted by Gasteiger charge is 2.27. The minimum atomic E-state index is -0.135. The average molecular weight is 219 g/mol. The van der Waals surface area contributed by atoms with Gasteiger partial charge in [0.15, 0.2) is 0 Å². The van der Waals surface area contributed by atoms with Gasteiger partial charge < -0.3 is 9.84 Å². The third-order valence-corrected chi connectivity index (χ3v) is 3.42. The van der Waals surface area contributed by atoms with Crippen LogP contribution in [-0.2, 0) is 6.42 Å². The number of aliphatic hydroxyl groups excluding tert-OH is 1. The van der Waals surface area contributed by atoms with Gasteiger partial charge >= 0.3 is 0 Å². The fourth-order valence-corrected chi connectivity index (χ4v) is 2.62. The number of fused-ring (bicyclic) bond motifs is 1. The second-order valence-electron chi connectivity index (χ2n) is 4.75. The van der Waals surface area contributed by atoms with Crippen molar-refractivity contribution < 1.29 is 9.84 Å². The number of hydrogen-bond acceptors (Lipinski definition) is 3. The van der Waals surface area contributed by atoms with Gasteiger partial charge in [0.25, 0.3) is 0 Å². The van der Waals surface area contributed by atoms with E-state index in [1.54, 1.807) is 0 Å². The van der Waals surface area contributed by atoms with Gasteiger partial charge in [-0.15, -0.1) is 0 Å². The van der Waals surface area contributed by atoms with Crippen molar-refractivity contribution in [3.8, 4) is 5.75 Å². The van der Waals surface area contributed by atoms with E-state index in [-0.39, 0.29) is 12.2 Å². The van der Waals surface area contributed by atoms with Crippen molar-refractivity contribution in [1.82, 2.24) is 4.90 Å². The van der Waals surface area contributed by atoms with E-state index in [0.717, 1.165) is 38.2 Å². The second kappa shape index (κ2) is 4.07. The van der Waals surface area contributed by atoms with Crippen LogP contribution in [0.2, 0.25) is 0 Å². The molecule has 2 atom stereocenters. The van der Waals surface area contributed by atoms with Gasteiger partial charge in [-0.3, -0.25) is 4.90 Å². The fourth-order valence-electron chi connectivity index (χ4n) is 2.62. The smallest absolute Gasteiger partial charge is 0.123 e. The van der Waals surface area contributed by atoms with Crippen LogP contribution < -0.4 is 4.74 Å². The molecule has 3 heteroatoms. The molecular formula is C13H17NO2. The predicted octanol–water partition coefficient (Wildman–Crippen LogP) is 1.06. The molecule has 1 fully saturated rings. The number of nitrogens with zero attached hydrogens (tertiary/aromatic N) is 1. The number of benzene rings is 1. The molecule has 0 saturated carbocycles. The number of para-hydroxylation sites is 1. The van der Waals surface area contributed by atoms with Crippen LogP contribution in [-0.4, -0.2) is 41.8 Å². The van der Waals surface area contributed by atoms with E-state index < -0.39 is 0 Å². The molecule has 0 amide bonds. The molecule has 2 aliphatic heterocycles. The fraction of sp³-hybridized carbons (Fsp3) is 0.538. The van der Waals surface area contributed by atoms with Gasteiger partial charge in [0.05, 0.1) is 6.10 Å². The van der Waals surface area contributed by atoms with Crippen LogP contribution in [0.25, 0.3) is 0 Å². The molecule has 1 aromatic rings. The van der Waals surface area contributed by atoms with Crippen molar-refractivity contribution in [2.45, 2.75) is 25.0 Å². The molecule has 86 valence electrons. The van der Waals surface area contributed by atoms with Crippen molar-refractivity contribution in [2.24, 2.45) is 0 Å². The zero-order chi connectivity index (χ0) is 11.0. The lowest BCUT2D eigenvalue weighted by Gasteiger charge is -2.19. The Labute approximate surface area is 95.6 Å². The number of ether oxygens (including phenoxy) is 1. The van der Waals surface area contributed by atoms with E-state index in [2.05, 4.69) is 17.0 Å². The third kappa shape index (κ3) is 1.93. The highest BCUT2D eigenvalue weighted by Crippen LogP contribution is 2.28. The maximum atomic E-state index is 9.46. The van der Waals surface area contributed by atoms with Gasteiger partial charge in [0, 0.05) is 26.1 Å². The summed E-state index contributed by atoms with van der Waals surface area (Å²) in [5, 5.41) is 9.46. The molecule has 1 N–H and O–H groups in total. The monoisotopic (exact) mass is 219 g/mol. The van der Waals surface area contributed by atoms with Gasteiger partial charge in [0.1, 0.15) is 11.9 Å². The first-order chi connectivity index (χ1) is 7.81. The topological polar surface area (TPSA) is 32.7 Å². The maximum absolute atomic E-state index is 9.46. The molecule has 2 heterocycles. The Bertz CT molecular complexity index is 355. The second-order valence-corrected chi connectivity index (χ2v) is 4.75. The number of hydrogen-bond donors (Lipinski definition) is 1. The molecule has 2 aliphatic rings. The number of β-amino-alcohol motifs (C(OH)–C–C–N with tert-alkyl or cyclic N) is 1. The van der Waals surface area contributed by atoms with Crippen LogP contribution in [0.3, 0.4) is 0 Å². The Kier molecular flexibility index (Phi) is 2.58. The molecule has 0 bridgehead atoms. The van der Waals surface area contributed by atoms with Gasteiger partial charge in [-0.2, -0.15) is 0 Å². The molecule has 1 aromatic carbocycles. The number of aliphatic hydroxyl groups is 1. The van der Waals surface area contributed by atoms with Gasteiger partial charge in [-0.05, 0) is 18.1 Å². The summed E-state index contributed by atoms with van der Waals surface area (Å²) in [6.45, 7) is 2.74. The number of likely N-dealkylation sites (tertiary alicyclic amines) is 1. The molecule has 1 saturated heterocycles. The molecule has 0 aromatic heterocycles. The average Bonchev–Trinajstić information content (AvgIpc) is 2.84. The van der Waals surface area contributed by atoms with Gasteiger partial charge in [-0.1, -0.05) is 18.2 Å². The van der Waals surface area contributed by atoms with Crippen LogP contribution in [0.15, 0.2) is 24.3 Å².